The van der Waals surface area contributed by atoms with Crippen LogP contribution in [-0.2, 0) is 4.79 Å². The molecule has 2 aliphatic heterocycles. The number of likely N-dealkylation sites (tertiary alicyclic amines) is 1. The Bertz CT molecular complexity index is 378. The van der Waals surface area contributed by atoms with E-state index in [-0.39, 0.29) is 5.91 Å². The Morgan fingerprint density at radius 2 is 1.86 bits per heavy atom. The molecular formula is C16H29N3O2. The van der Waals surface area contributed by atoms with Crippen LogP contribution in [0.25, 0.3) is 0 Å². The maximum absolute atomic E-state index is 12.7. The number of carbonyl (C=O) groups is 1. The number of aliphatic hydroxyl groups is 1. The number of piperazine rings is 1. The lowest BCUT2D eigenvalue weighted by atomic mass is 9.83. The van der Waals surface area contributed by atoms with E-state index in [1.54, 1.807) is 0 Å². The molecule has 1 atom stereocenters. The zero-order chi connectivity index (χ0) is 14.9. The van der Waals surface area contributed by atoms with Gasteiger partial charge < -0.3 is 14.9 Å². The van der Waals surface area contributed by atoms with E-state index in [1.165, 1.54) is 19.3 Å². The highest BCUT2D eigenvalue weighted by Crippen LogP contribution is 2.30. The van der Waals surface area contributed by atoms with Crippen LogP contribution in [0.3, 0.4) is 0 Å². The summed E-state index contributed by atoms with van der Waals surface area (Å²) in [4.78, 5) is 19.2. The van der Waals surface area contributed by atoms with Gasteiger partial charge in [-0.25, -0.2) is 0 Å². The molecule has 120 valence electrons. The molecule has 1 saturated carbocycles. The van der Waals surface area contributed by atoms with Crippen molar-refractivity contribution in [2.75, 3.05) is 52.9 Å². The van der Waals surface area contributed by atoms with Crippen LogP contribution in [0.4, 0.5) is 0 Å². The van der Waals surface area contributed by atoms with Gasteiger partial charge in [0.25, 0.3) is 5.91 Å². The first-order chi connectivity index (χ1) is 10.1. The highest BCUT2D eigenvalue weighted by Gasteiger charge is 2.44. The Balaban J connectivity index is 1.57. The first kappa shape index (κ1) is 15.3. The fraction of sp³-hybridized carbons (Fsp3) is 0.938. The molecule has 3 aliphatic rings. The van der Waals surface area contributed by atoms with Gasteiger partial charge in [0.15, 0.2) is 5.60 Å². The third-order valence-electron chi connectivity index (χ3n) is 5.49. The van der Waals surface area contributed by atoms with Crippen LogP contribution in [0.1, 0.15) is 32.1 Å². The molecule has 0 aromatic carbocycles. The Labute approximate surface area is 127 Å². The molecule has 0 radical (unpaired) electrons. The number of rotatable bonds is 4. The van der Waals surface area contributed by atoms with Crippen LogP contribution in [0.5, 0.6) is 0 Å². The molecule has 0 bridgehead atoms. The standard InChI is InChI=1S/C16H29N3O2/c1-17-8-10-18(11-9-17)13-16(21)6-3-7-19(15(16)20)12-14-4-2-5-14/h14,21H,2-13H2,1H3. The van der Waals surface area contributed by atoms with Gasteiger partial charge in [-0.1, -0.05) is 6.42 Å². The second kappa shape index (κ2) is 6.23. The Morgan fingerprint density at radius 3 is 2.48 bits per heavy atom. The maximum Gasteiger partial charge on any atom is 0.255 e. The lowest BCUT2D eigenvalue weighted by molar-refractivity contribution is -0.161. The minimum absolute atomic E-state index is 0.0143. The number of amides is 1. The van der Waals surface area contributed by atoms with E-state index in [9.17, 15) is 9.90 Å². The first-order valence-corrected chi connectivity index (χ1v) is 8.49. The van der Waals surface area contributed by atoms with Gasteiger partial charge >= 0.3 is 0 Å². The number of nitrogens with zero attached hydrogens (tertiary/aromatic N) is 3. The van der Waals surface area contributed by atoms with Gasteiger partial charge in [0, 0.05) is 45.8 Å². The molecule has 2 saturated heterocycles. The van der Waals surface area contributed by atoms with Gasteiger partial charge in [0.1, 0.15) is 0 Å². The third-order valence-corrected chi connectivity index (χ3v) is 5.49. The largest absolute Gasteiger partial charge is 0.379 e. The third kappa shape index (κ3) is 3.41. The minimum Gasteiger partial charge on any atom is -0.379 e. The van der Waals surface area contributed by atoms with Gasteiger partial charge in [0.05, 0.1) is 0 Å². The highest BCUT2D eigenvalue weighted by atomic mass is 16.3. The summed E-state index contributed by atoms with van der Waals surface area (Å²) in [6.45, 7) is 6.17. The molecule has 3 rings (SSSR count). The summed E-state index contributed by atoms with van der Waals surface area (Å²) in [7, 11) is 2.12. The molecule has 0 aromatic heterocycles. The SMILES string of the molecule is CN1CCN(CC2(O)CCCN(CC3CCC3)C2=O)CC1. The van der Waals surface area contributed by atoms with Crippen molar-refractivity contribution in [1.82, 2.24) is 14.7 Å². The molecule has 2 heterocycles. The number of piperidine rings is 1. The molecule has 0 aromatic rings. The van der Waals surface area contributed by atoms with Gasteiger partial charge in [0.2, 0.25) is 0 Å². The molecule has 3 fully saturated rings. The van der Waals surface area contributed by atoms with Gasteiger partial charge in [-0.05, 0) is 38.6 Å². The summed E-state index contributed by atoms with van der Waals surface area (Å²) in [6.07, 6.45) is 5.36. The number of hydrogen-bond acceptors (Lipinski definition) is 4. The normalized spacial score (nSPS) is 33.2. The van der Waals surface area contributed by atoms with Crippen molar-refractivity contribution in [3.63, 3.8) is 0 Å². The van der Waals surface area contributed by atoms with Gasteiger partial charge in [-0.2, -0.15) is 0 Å². The Hall–Kier alpha value is -0.650. The van der Waals surface area contributed by atoms with Crippen LogP contribution in [0, 0.1) is 5.92 Å². The van der Waals surface area contributed by atoms with E-state index in [4.69, 9.17) is 0 Å². The quantitative estimate of drug-likeness (QED) is 0.815. The molecule has 21 heavy (non-hydrogen) atoms. The fourth-order valence-electron chi connectivity index (χ4n) is 3.75. The summed E-state index contributed by atoms with van der Waals surface area (Å²) >= 11 is 0. The van der Waals surface area contributed by atoms with Crippen molar-refractivity contribution in [3.8, 4) is 0 Å². The lowest BCUT2D eigenvalue weighted by Gasteiger charge is -2.44. The van der Waals surface area contributed by atoms with Crippen LogP contribution < -0.4 is 0 Å². The zero-order valence-electron chi connectivity index (χ0n) is 13.3. The second-order valence-electron chi connectivity index (χ2n) is 7.26. The zero-order valence-corrected chi connectivity index (χ0v) is 13.3. The molecule has 1 unspecified atom stereocenters. The first-order valence-electron chi connectivity index (χ1n) is 8.49. The topological polar surface area (TPSA) is 47.0 Å². The molecule has 1 aliphatic carbocycles. The minimum atomic E-state index is -1.14. The van der Waals surface area contributed by atoms with Crippen LogP contribution >= 0.6 is 0 Å². The summed E-state index contributed by atoms with van der Waals surface area (Å²) < 4.78 is 0. The van der Waals surface area contributed by atoms with E-state index < -0.39 is 5.60 Å². The summed E-state index contributed by atoms with van der Waals surface area (Å²) in [5.74, 6) is 0.666. The van der Waals surface area contributed by atoms with Gasteiger partial charge in [-0.15, -0.1) is 0 Å². The summed E-state index contributed by atoms with van der Waals surface area (Å²) in [6, 6.07) is 0. The van der Waals surface area contributed by atoms with E-state index in [2.05, 4.69) is 16.8 Å². The number of hydrogen-bond donors (Lipinski definition) is 1. The van der Waals surface area contributed by atoms with Crippen molar-refractivity contribution in [3.05, 3.63) is 0 Å². The molecule has 1 amide bonds. The molecule has 0 spiro atoms. The highest BCUT2D eigenvalue weighted by molar-refractivity contribution is 5.86. The summed E-state index contributed by atoms with van der Waals surface area (Å²) in [5, 5.41) is 10.9. The number of likely N-dealkylation sites (N-methyl/N-ethyl adjacent to an activating group) is 1. The molecule has 5 heteroatoms. The van der Waals surface area contributed by atoms with Crippen molar-refractivity contribution >= 4 is 5.91 Å². The predicted molar refractivity (Wildman–Crippen MR) is 82.0 cm³/mol. The Morgan fingerprint density at radius 1 is 1.14 bits per heavy atom. The molecule has 1 N–H and O–H groups in total. The van der Waals surface area contributed by atoms with E-state index in [0.29, 0.717) is 18.9 Å². The van der Waals surface area contributed by atoms with Crippen molar-refractivity contribution < 1.29 is 9.90 Å². The van der Waals surface area contributed by atoms with E-state index in [1.807, 2.05) is 4.90 Å². The predicted octanol–water partition coefficient (Wildman–Crippen LogP) is 0.387. The van der Waals surface area contributed by atoms with Crippen LogP contribution in [0.15, 0.2) is 0 Å². The number of β-amino-alcohol motifs (C(OH)–C–C–N with tert-alkyl or cyclic N) is 1. The lowest BCUT2D eigenvalue weighted by Crippen LogP contribution is -2.61. The average molecular weight is 295 g/mol. The summed E-state index contributed by atoms with van der Waals surface area (Å²) in [5.41, 5.74) is -1.14. The van der Waals surface area contributed by atoms with Crippen LogP contribution in [0.2, 0.25) is 0 Å². The van der Waals surface area contributed by atoms with Gasteiger partial charge in [-0.3, -0.25) is 9.69 Å². The smallest absolute Gasteiger partial charge is 0.255 e. The van der Waals surface area contributed by atoms with Crippen molar-refractivity contribution in [1.29, 1.82) is 0 Å². The molecular weight excluding hydrogens is 266 g/mol. The second-order valence-corrected chi connectivity index (χ2v) is 7.26. The fourth-order valence-corrected chi connectivity index (χ4v) is 3.75. The monoisotopic (exact) mass is 295 g/mol. The van der Waals surface area contributed by atoms with Crippen molar-refractivity contribution in [2.45, 2.75) is 37.7 Å². The van der Waals surface area contributed by atoms with E-state index in [0.717, 1.165) is 45.7 Å². The van der Waals surface area contributed by atoms with E-state index >= 15 is 0 Å². The molecule has 5 nitrogen and oxygen atoms in total. The number of carbonyl (C=O) groups excluding carboxylic acids is 1. The maximum atomic E-state index is 12.7. The average Bonchev–Trinajstić information content (AvgIpc) is 2.41. The van der Waals surface area contributed by atoms with Crippen LogP contribution in [-0.4, -0.2) is 84.2 Å². The van der Waals surface area contributed by atoms with Crippen molar-refractivity contribution in [2.24, 2.45) is 5.92 Å². The Kier molecular flexibility index (Phi) is 4.52.